The number of nitrogens with one attached hydrogen (secondary N) is 2. The Morgan fingerprint density at radius 2 is 2.54 bits per heavy atom. The summed E-state index contributed by atoms with van der Waals surface area (Å²) in [5, 5.41) is 10.6. The summed E-state index contributed by atoms with van der Waals surface area (Å²) < 4.78 is 0. The van der Waals surface area contributed by atoms with Crippen molar-refractivity contribution in [1.29, 1.82) is 0 Å². The fourth-order valence-electron chi connectivity index (χ4n) is 1.80. The Hall–Kier alpha value is -0.870. The van der Waals surface area contributed by atoms with Crippen molar-refractivity contribution in [2.45, 2.75) is 25.3 Å². The van der Waals surface area contributed by atoms with Gasteiger partial charge in [0.05, 0.1) is 5.69 Å². The van der Waals surface area contributed by atoms with Crippen LogP contribution in [0.5, 0.6) is 0 Å². The third kappa shape index (κ3) is 1.89. The highest BCUT2D eigenvalue weighted by atomic mass is 15.1. The summed E-state index contributed by atoms with van der Waals surface area (Å²) in [7, 11) is 0. The summed E-state index contributed by atoms with van der Waals surface area (Å²) in [6.45, 7) is 2.74. The van der Waals surface area contributed by atoms with Crippen molar-refractivity contribution in [3.05, 3.63) is 17.5 Å². The number of rotatable bonds is 2. The summed E-state index contributed by atoms with van der Waals surface area (Å²) in [5.74, 6) is 0.574. The summed E-state index contributed by atoms with van der Waals surface area (Å²) in [6, 6.07) is 2.08. The Morgan fingerprint density at radius 3 is 3.15 bits per heavy atom. The maximum Gasteiger partial charge on any atom is 0.0669 e. The number of H-pyrrole nitrogens is 1. The molecule has 1 saturated heterocycles. The zero-order valence-corrected chi connectivity index (χ0v) is 7.71. The van der Waals surface area contributed by atoms with E-state index in [2.05, 4.69) is 21.6 Å². The van der Waals surface area contributed by atoms with Crippen LogP contribution in [0.25, 0.3) is 0 Å². The lowest BCUT2D eigenvalue weighted by Crippen LogP contribution is -2.28. The minimum absolute atomic E-state index is 0.549. The number of hydrogen-bond acceptors (Lipinski definition) is 3. The molecule has 1 unspecified atom stereocenters. The molecule has 13 heavy (non-hydrogen) atoms. The fourth-order valence-corrected chi connectivity index (χ4v) is 1.80. The molecule has 4 heteroatoms. The molecule has 2 rings (SSSR count). The second-order valence-corrected chi connectivity index (χ2v) is 3.57. The molecule has 0 aromatic carbocycles. The van der Waals surface area contributed by atoms with Crippen molar-refractivity contribution < 1.29 is 0 Å². The minimum atomic E-state index is 0.549. The number of nitrogens with zero attached hydrogens (tertiary/aromatic N) is 1. The van der Waals surface area contributed by atoms with Crippen LogP contribution < -0.4 is 11.1 Å². The van der Waals surface area contributed by atoms with Crippen molar-refractivity contribution in [1.82, 2.24) is 15.5 Å². The molecule has 1 atom stereocenters. The van der Waals surface area contributed by atoms with Crippen LogP contribution in [-0.4, -0.2) is 23.3 Å². The summed E-state index contributed by atoms with van der Waals surface area (Å²) in [4.78, 5) is 0. The molecule has 1 aliphatic heterocycles. The van der Waals surface area contributed by atoms with E-state index < -0.39 is 0 Å². The predicted octanol–water partition coefficient (Wildman–Crippen LogP) is 0.335. The second-order valence-electron chi connectivity index (χ2n) is 3.57. The smallest absolute Gasteiger partial charge is 0.0669 e. The lowest BCUT2D eigenvalue weighted by molar-refractivity contribution is 0.454. The lowest BCUT2D eigenvalue weighted by atomic mass is 9.96. The highest BCUT2D eigenvalue weighted by Crippen LogP contribution is 2.21. The molecule has 1 fully saturated rings. The molecule has 0 bridgehead atoms. The Labute approximate surface area is 77.9 Å². The maximum absolute atomic E-state index is 5.51. The normalized spacial score (nSPS) is 23.3. The average molecular weight is 180 g/mol. The van der Waals surface area contributed by atoms with Gasteiger partial charge in [0.1, 0.15) is 0 Å². The monoisotopic (exact) mass is 180 g/mol. The third-order valence-corrected chi connectivity index (χ3v) is 2.59. The van der Waals surface area contributed by atoms with Crippen molar-refractivity contribution >= 4 is 0 Å². The Morgan fingerprint density at radius 1 is 1.62 bits per heavy atom. The van der Waals surface area contributed by atoms with E-state index in [1.54, 1.807) is 0 Å². The summed E-state index contributed by atoms with van der Waals surface area (Å²) in [6.07, 6.45) is 2.48. The molecule has 0 aliphatic carbocycles. The molecule has 1 aromatic heterocycles. The standard InChI is InChI=1S/C9H16N4/c10-5-8-4-9(13-12-8)7-2-1-3-11-6-7/h4,7,11H,1-3,5-6,10H2,(H,12,13). The summed E-state index contributed by atoms with van der Waals surface area (Å²) >= 11 is 0. The summed E-state index contributed by atoms with van der Waals surface area (Å²) in [5.41, 5.74) is 7.69. The molecule has 4 nitrogen and oxygen atoms in total. The van der Waals surface area contributed by atoms with E-state index in [9.17, 15) is 0 Å². The zero-order chi connectivity index (χ0) is 9.10. The quantitative estimate of drug-likeness (QED) is 0.614. The van der Waals surface area contributed by atoms with Gasteiger partial charge in [-0.15, -0.1) is 0 Å². The van der Waals surface area contributed by atoms with Crippen molar-refractivity contribution in [2.24, 2.45) is 5.73 Å². The first-order valence-electron chi connectivity index (χ1n) is 4.85. The first-order valence-corrected chi connectivity index (χ1v) is 4.85. The van der Waals surface area contributed by atoms with E-state index in [0.717, 1.165) is 24.5 Å². The highest BCUT2D eigenvalue weighted by Gasteiger charge is 2.17. The third-order valence-electron chi connectivity index (χ3n) is 2.59. The van der Waals surface area contributed by atoms with Crippen LogP contribution in [0.15, 0.2) is 6.07 Å². The molecular weight excluding hydrogens is 164 g/mol. The van der Waals surface area contributed by atoms with E-state index in [1.165, 1.54) is 12.8 Å². The van der Waals surface area contributed by atoms with Gasteiger partial charge in [0, 0.05) is 24.7 Å². The predicted molar refractivity (Wildman–Crippen MR) is 51.3 cm³/mol. The van der Waals surface area contributed by atoms with E-state index in [-0.39, 0.29) is 0 Å². The van der Waals surface area contributed by atoms with Crippen LogP contribution >= 0.6 is 0 Å². The van der Waals surface area contributed by atoms with Crippen LogP contribution in [-0.2, 0) is 6.54 Å². The number of aromatic nitrogens is 2. The van der Waals surface area contributed by atoms with Gasteiger partial charge in [0.25, 0.3) is 0 Å². The Kier molecular flexibility index (Phi) is 2.61. The average Bonchev–Trinajstić information content (AvgIpc) is 2.67. The fraction of sp³-hybridized carbons (Fsp3) is 0.667. The van der Waals surface area contributed by atoms with Crippen molar-refractivity contribution in [3.8, 4) is 0 Å². The molecule has 4 N–H and O–H groups in total. The molecule has 0 spiro atoms. The molecule has 72 valence electrons. The molecule has 1 aromatic rings. The number of piperidine rings is 1. The molecule has 0 saturated carbocycles. The first-order chi connectivity index (χ1) is 6.40. The largest absolute Gasteiger partial charge is 0.325 e. The van der Waals surface area contributed by atoms with Gasteiger partial charge in [-0.05, 0) is 25.5 Å². The maximum atomic E-state index is 5.51. The van der Waals surface area contributed by atoms with Gasteiger partial charge in [-0.25, -0.2) is 0 Å². The Balaban J connectivity index is 2.05. The topological polar surface area (TPSA) is 66.7 Å². The molecule has 0 amide bonds. The van der Waals surface area contributed by atoms with Crippen LogP contribution in [0, 0.1) is 0 Å². The molecule has 2 heterocycles. The van der Waals surface area contributed by atoms with Gasteiger partial charge in [-0.2, -0.15) is 5.10 Å². The number of aromatic amines is 1. The van der Waals surface area contributed by atoms with E-state index in [4.69, 9.17) is 5.73 Å². The van der Waals surface area contributed by atoms with Crippen LogP contribution in [0.1, 0.15) is 30.1 Å². The van der Waals surface area contributed by atoms with Crippen molar-refractivity contribution in [3.63, 3.8) is 0 Å². The number of hydrogen-bond donors (Lipinski definition) is 3. The van der Waals surface area contributed by atoms with Crippen LogP contribution in [0.3, 0.4) is 0 Å². The van der Waals surface area contributed by atoms with E-state index >= 15 is 0 Å². The van der Waals surface area contributed by atoms with Crippen LogP contribution in [0.4, 0.5) is 0 Å². The molecular formula is C9H16N4. The Bertz CT molecular complexity index is 262. The molecule has 1 aliphatic rings. The van der Waals surface area contributed by atoms with E-state index in [0.29, 0.717) is 12.5 Å². The molecule has 0 radical (unpaired) electrons. The van der Waals surface area contributed by atoms with Gasteiger partial charge in [-0.3, -0.25) is 5.10 Å². The van der Waals surface area contributed by atoms with Gasteiger partial charge in [0.2, 0.25) is 0 Å². The van der Waals surface area contributed by atoms with Gasteiger partial charge in [-0.1, -0.05) is 0 Å². The van der Waals surface area contributed by atoms with Gasteiger partial charge < -0.3 is 11.1 Å². The van der Waals surface area contributed by atoms with Gasteiger partial charge >= 0.3 is 0 Å². The first kappa shape index (κ1) is 8.72. The second kappa shape index (κ2) is 3.89. The van der Waals surface area contributed by atoms with Gasteiger partial charge in [0.15, 0.2) is 0 Å². The SMILES string of the molecule is NCc1cc(C2CCCNC2)n[nH]1. The lowest BCUT2D eigenvalue weighted by Gasteiger charge is -2.20. The highest BCUT2D eigenvalue weighted by molar-refractivity contribution is 5.14. The number of nitrogens with two attached hydrogens (primary N) is 1. The van der Waals surface area contributed by atoms with Crippen molar-refractivity contribution in [2.75, 3.05) is 13.1 Å². The van der Waals surface area contributed by atoms with Crippen LogP contribution in [0.2, 0.25) is 0 Å². The minimum Gasteiger partial charge on any atom is -0.325 e. The zero-order valence-electron chi connectivity index (χ0n) is 7.71. The van der Waals surface area contributed by atoms with E-state index in [1.807, 2.05) is 0 Å².